The van der Waals surface area contributed by atoms with Crippen LogP contribution in [0.25, 0.3) is 21.0 Å². The topological polar surface area (TPSA) is 45.8 Å². The molecule has 0 unspecified atom stereocenters. The fourth-order valence-electron chi connectivity index (χ4n) is 3.59. The van der Waals surface area contributed by atoms with Crippen LogP contribution in [0.3, 0.4) is 0 Å². The lowest BCUT2D eigenvalue weighted by Gasteiger charge is -2.17. The Morgan fingerprint density at radius 1 is 1.00 bits per heavy atom. The van der Waals surface area contributed by atoms with Gasteiger partial charge >= 0.3 is 6.18 Å². The predicted molar refractivity (Wildman–Crippen MR) is 119 cm³/mol. The van der Waals surface area contributed by atoms with Crippen molar-refractivity contribution in [3.63, 3.8) is 0 Å². The van der Waals surface area contributed by atoms with Crippen LogP contribution < -0.4 is 5.56 Å². The number of aryl methyl sites for hydroxylation is 1. The number of alkyl halides is 3. The molecule has 0 amide bonds. The number of thiophene rings is 1. The Bertz CT molecular complexity index is 1490. The highest BCUT2D eigenvalue weighted by Gasteiger charge is 2.36. The number of hydrogen-bond donors (Lipinski definition) is 0. The smallest absolute Gasteiger partial charge is 0.302 e. The standard InChI is InChI=1S/C25H15F5N2OS/c1-14-3-2-4-15(9-14)22-7-8-23(34-22)21-11-19(25(28,29)30)18(12-31)24(33)32(21)13-16-5-6-17(26)10-20(16)27/h2-11H,13H2,1H3. The molecule has 4 rings (SSSR count). The van der Waals surface area contributed by atoms with Crippen molar-refractivity contribution in [1.82, 2.24) is 4.57 Å². The van der Waals surface area contributed by atoms with E-state index in [0.717, 1.165) is 50.1 Å². The number of aromatic nitrogens is 1. The lowest BCUT2D eigenvalue weighted by molar-refractivity contribution is -0.137. The molecule has 9 heteroatoms. The molecule has 3 nitrogen and oxygen atoms in total. The molecule has 0 fully saturated rings. The zero-order chi connectivity index (χ0) is 24.6. The van der Waals surface area contributed by atoms with Crippen molar-refractivity contribution in [2.24, 2.45) is 0 Å². The van der Waals surface area contributed by atoms with E-state index in [4.69, 9.17) is 0 Å². The number of rotatable bonds is 4. The Balaban J connectivity index is 1.94. The van der Waals surface area contributed by atoms with Crippen molar-refractivity contribution in [2.75, 3.05) is 0 Å². The van der Waals surface area contributed by atoms with Crippen molar-refractivity contribution < 1.29 is 22.0 Å². The quantitative estimate of drug-likeness (QED) is 0.299. The molecule has 2 aromatic heterocycles. The van der Waals surface area contributed by atoms with Crippen LogP contribution in [-0.4, -0.2) is 4.57 Å². The van der Waals surface area contributed by atoms with E-state index < -0.39 is 41.0 Å². The average Bonchev–Trinajstić information content (AvgIpc) is 3.26. The van der Waals surface area contributed by atoms with Crippen LogP contribution in [0.4, 0.5) is 22.0 Å². The fraction of sp³-hybridized carbons (Fsp3) is 0.120. The minimum absolute atomic E-state index is 0.108. The van der Waals surface area contributed by atoms with Gasteiger partial charge in [-0.25, -0.2) is 8.78 Å². The van der Waals surface area contributed by atoms with E-state index >= 15 is 0 Å². The molecule has 4 aromatic rings. The third kappa shape index (κ3) is 4.50. The second kappa shape index (κ2) is 8.88. The van der Waals surface area contributed by atoms with Crippen LogP contribution in [0, 0.1) is 29.9 Å². The number of nitrogens with zero attached hydrogens (tertiary/aromatic N) is 2. The second-order valence-electron chi connectivity index (χ2n) is 7.59. The van der Waals surface area contributed by atoms with Crippen molar-refractivity contribution in [3.05, 3.63) is 105 Å². The molecular weight excluding hydrogens is 471 g/mol. The molecule has 0 N–H and O–H groups in total. The summed E-state index contributed by atoms with van der Waals surface area (Å²) in [6.45, 7) is 1.42. The van der Waals surface area contributed by atoms with E-state index in [1.807, 2.05) is 31.2 Å². The lowest BCUT2D eigenvalue weighted by Crippen LogP contribution is -2.28. The monoisotopic (exact) mass is 486 g/mol. The summed E-state index contributed by atoms with van der Waals surface area (Å²) in [4.78, 5) is 14.1. The van der Waals surface area contributed by atoms with E-state index in [1.54, 1.807) is 12.1 Å². The summed E-state index contributed by atoms with van der Waals surface area (Å²) in [5.41, 5.74) is -2.05. The highest BCUT2D eigenvalue weighted by atomic mass is 32.1. The van der Waals surface area contributed by atoms with Crippen LogP contribution >= 0.6 is 11.3 Å². The molecule has 0 aliphatic rings. The van der Waals surface area contributed by atoms with Gasteiger partial charge < -0.3 is 4.57 Å². The Hall–Kier alpha value is -3.77. The van der Waals surface area contributed by atoms with Gasteiger partial charge in [-0.05, 0) is 36.8 Å². The highest BCUT2D eigenvalue weighted by Crippen LogP contribution is 2.38. The minimum Gasteiger partial charge on any atom is -0.302 e. The summed E-state index contributed by atoms with van der Waals surface area (Å²) in [7, 11) is 0. The first kappa shape index (κ1) is 23.4. The van der Waals surface area contributed by atoms with Crippen molar-refractivity contribution in [1.29, 1.82) is 5.26 Å². The Labute approximate surface area is 195 Å². The first-order valence-electron chi connectivity index (χ1n) is 9.95. The van der Waals surface area contributed by atoms with Gasteiger partial charge in [0.25, 0.3) is 5.56 Å². The zero-order valence-corrected chi connectivity index (χ0v) is 18.4. The SMILES string of the molecule is Cc1cccc(-c2ccc(-c3cc(C(F)(F)F)c(C#N)c(=O)n3Cc3ccc(F)cc3F)s2)c1. The number of hydrogen-bond acceptors (Lipinski definition) is 3. The second-order valence-corrected chi connectivity index (χ2v) is 8.67. The van der Waals surface area contributed by atoms with E-state index in [0.29, 0.717) is 10.9 Å². The van der Waals surface area contributed by atoms with E-state index in [9.17, 15) is 32.0 Å². The van der Waals surface area contributed by atoms with Crippen molar-refractivity contribution in [3.8, 4) is 27.1 Å². The number of nitriles is 1. The number of halogens is 5. The van der Waals surface area contributed by atoms with Gasteiger partial charge in [0, 0.05) is 16.5 Å². The van der Waals surface area contributed by atoms with Gasteiger partial charge in [0.1, 0.15) is 23.3 Å². The molecule has 0 spiro atoms. The predicted octanol–water partition coefficient (Wildman–Crippen LogP) is 6.77. The zero-order valence-electron chi connectivity index (χ0n) is 17.6. The average molecular weight is 486 g/mol. The first-order valence-corrected chi connectivity index (χ1v) is 10.8. The summed E-state index contributed by atoms with van der Waals surface area (Å²) in [6.07, 6.45) is -4.95. The summed E-state index contributed by atoms with van der Waals surface area (Å²) in [6, 6.07) is 15.6. The Kier molecular flexibility index (Phi) is 6.11. The lowest BCUT2D eigenvalue weighted by atomic mass is 10.1. The van der Waals surface area contributed by atoms with E-state index in [2.05, 4.69) is 0 Å². The molecule has 0 saturated heterocycles. The summed E-state index contributed by atoms with van der Waals surface area (Å²) in [5, 5.41) is 9.30. The van der Waals surface area contributed by atoms with Crippen molar-refractivity contribution in [2.45, 2.75) is 19.6 Å². The van der Waals surface area contributed by atoms with Gasteiger partial charge in [0.2, 0.25) is 0 Å². The molecule has 2 aromatic carbocycles. The van der Waals surface area contributed by atoms with Crippen LogP contribution in [0.2, 0.25) is 0 Å². The molecule has 34 heavy (non-hydrogen) atoms. The molecule has 0 saturated carbocycles. The maximum Gasteiger partial charge on any atom is 0.417 e. The van der Waals surface area contributed by atoms with Crippen LogP contribution in [0.1, 0.15) is 22.3 Å². The van der Waals surface area contributed by atoms with Gasteiger partial charge in [0.05, 0.1) is 22.7 Å². The first-order chi connectivity index (χ1) is 16.1. The van der Waals surface area contributed by atoms with Gasteiger partial charge in [0.15, 0.2) is 0 Å². The highest BCUT2D eigenvalue weighted by molar-refractivity contribution is 7.18. The van der Waals surface area contributed by atoms with Crippen LogP contribution in [0.5, 0.6) is 0 Å². The normalized spacial score (nSPS) is 11.4. The summed E-state index contributed by atoms with van der Waals surface area (Å²) >= 11 is 1.16. The van der Waals surface area contributed by atoms with Gasteiger partial charge in [-0.15, -0.1) is 11.3 Å². The molecular formula is C25H15F5N2OS. The van der Waals surface area contributed by atoms with Crippen LogP contribution in [0.15, 0.2) is 65.5 Å². The molecule has 0 aliphatic carbocycles. The molecule has 172 valence electrons. The van der Waals surface area contributed by atoms with E-state index in [-0.39, 0.29) is 11.3 Å². The Morgan fingerprint density at radius 3 is 2.38 bits per heavy atom. The maximum absolute atomic E-state index is 14.3. The number of pyridine rings is 1. The molecule has 2 heterocycles. The summed E-state index contributed by atoms with van der Waals surface area (Å²) < 4.78 is 69.6. The molecule has 0 aliphatic heterocycles. The number of benzene rings is 2. The maximum atomic E-state index is 14.3. The summed E-state index contributed by atoms with van der Waals surface area (Å²) in [5.74, 6) is -1.79. The van der Waals surface area contributed by atoms with Crippen molar-refractivity contribution >= 4 is 11.3 Å². The molecule has 0 atom stereocenters. The largest absolute Gasteiger partial charge is 0.417 e. The fourth-order valence-corrected chi connectivity index (χ4v) is 4.62. The molecule has 0 radical (unpaired) electrons. The minimum atomic E-state index is -4.95. The third-order valence-electron chi connectivity index (χ3n) is 5.22. The van der Waals surface area contributed by atoms with Crippen LogP contribution in [-0.2, 0) is 12.7 Å². The molecule has 0 bridgehead atoms. The van der Waals surface area contributed by atoms with Gasteiger partial charge in [-0.1, -0.05) is 35.9 Å². The van der Waals surface area contributed by atoms with E-state index in [1.165, 1.54) is 6.07 Å². The van der Waals surface area contributed by atoms with Gasteiger partial charge in [-0.3, -0.25) is 4.79 Å². The van der Waals surface area contributed by atoms with Gasteiger partial charge in [-0.2, -0.15) is 18.4 Å². The third-order valence-corrected chi connectivity index (χ3v) is 6.38. The Morgan fingerprint density at radius 2 is 1.74 bits per heavy atom.